The van der Waals surface area contributed by atoms with Gasteiger partial charge in [0.2, 0.25) is 0 Å². The topological polar surface area (TPSA) is 43.8 Å². The number of likely N-dealkylation sites (N-methyl/N-ethyl adjacent to an activating group) is 1. The van der Waals surface area contributed by atoms with Crippen LogP contribution in [0.4, 0.5) is 0 Å². The fourth-order valence-corrected chi connectivity index (χ4v) is 2.49. The molecule has 0 amide bonds. The maximum atomic E-state index is 11.0. The molecule has 0 bridgehead atoms. The Morgan fingerprint density at radius 2 is 2.00 bits per heavy atom. The smallest absolute Gasteiger partial charge is 0.306 e. The number of carboxylic acids is 1. The molecule has 1 aliphatic carbocycles. The van der Waals surface area contributed by atoms with Gasteiger partial charge in [0.1, 0.15) is 0 Å². The highest BCUT2D eigenvalue weighted by Crippen LogP contribution is 2.23. The monoisotopic (exact) mass is 224 g/mol. The van der Waals surface area contributed by atoms with E-state index in [1.165, 1.54) is 0 Å². The third kappa shape index (κ3) is 2.62. The predicted molar refractivity (Wildman–Crippen MR) is 62.4 cm³/mol. The van der Waals surface area contributed by atoms with Crippen molar-refractivity contribution in [3.63, 3.8) is 0 Å². The van der Waals surface area contributed by atoms with Crippen molar-refractivity contribution in [2.75, 3.05) is 33.2 Å². The fourth-order valence-electron chi connectivity index (χ4n) is 2.49. The number of aliphatic carboxylic acids is 1. The summed E-state index contributed by atoms with van der Waals surface area (Å²) in [5.41, 5.74) is 0. The molecular weight excluding hydrogens is 204 g/mol. The molecule has 2 atom stereocenters. The number of hydrogen-bond donors (Lipinski definition) is 1. The lowest BCUT2D eigenvalue weighted by Gasteiger charge is -2.38. The van der Waals surface area contributed by atoms with E-state index in [0.29, 0.717) is 12.5 Å². The van der Waals surface area contributed by atoms with Gasteiger partial charge in [-0.25, -0.2) is 0 Å². The Labute approximate surface area is 96.5 Å². The van der Waals surface area contributed by atoms with E-state index in [1.807, 2.05) is 6.08 Å². The summed E-state index contributed by atoms with van der Waals surface area (Å²) >= 11 is 0. The SMILES string of the molecule is CN1CCN(C2C=CCC(C(=O)O)C2)CC1. The average molecular weight is 224 g/mol. The second kappa shape index (κ2) is 4.97. The van der Waals surface area contributed by atoms with Gasteiger partial charge >= 0.3 is 5.97 Å². The van der Waals surface area contributed by atoms with E-state index < -0.39 is 5.97 Å². The van der Waals surface area contributed by atoms with Crippen LogP contribution in [0.1, 0.15) is 12.8 Å². The maximum Gasteiger partial charge on any atom is 0.306 e. The molecule has 90 valence electrons. The van der Waals surface area contributed by atoms with Crippen LogP contribution in [0.3, 0.4) is 0 Å². The van der Waals surface area contributed by atoms with Gasteiger partial charge in [-0.1, -0.05) is 12.2 Å². The van der Waals surface area contributed by atoms with Crippen molar-refractivity contribution in [1.29, 1.82) is 0 Å². The lowest BCUT2D eigenvalue weighted by Crippen LogP contribution is -2.49. The Bertz CT molecular complexity index is 283. The summed E-state index contributed by atoms with van der Waals surface area (Å²) in [7, 11) is 2.13. The molecule has 0 radical (unpaired) electrons. The molecule has 0 saturated carbocycles. The first-order chi connectivity index (χ1) is 7.66. The van der Waals surface area contributed by atoms with Crippen molar-refractivity contribution in [2.24, 2.45) is 5.92 Å². The van der Waals surface area contributed by atoms with Crippen molar-refractivity contribution < 1.29 is 9.90 Å². The summed E-state index contributed by atoms with van der Waals surface area (Å²) in [5.74, 6) is -0.835. The van der Waals surface area contributed by atoms with Crippen molar-refractivity contribution in [3.8, 4) is 0 Å². The minimum Gasteiger partial charge on any atom is -0.481 e. The van der Waals surface area contributed by atoms with E-state index in [1.54, 1.807) is 0 Å². The van der Waals surface area contributed by atoms with Crippen LogP contribution in [-0.4, -0.2) is 60.1 Å². The Balaban J connectivity index is 1.92. The van der Waals surface area contributed by atoms with E-state index in [9.17, 15) is 4.79 Å². The Morgan fingerprint density at radius 3 is 2.62 bits per heavy atom. The number of piperazine rings is 1. The second-order valence-corrected chi connectivity index (χ2v) is 4.84. The molecule has 1 saturated heterocycles. The van der Waals surface area contributed by atoms with Gasteiger partial charge in [-0.3, -0.25) is 9.69 Å². The lowest BCUT2D eigenvalue weighted by atomic mass is 9.90. The van der Waals surface area contributed by atoms with E-state index in [0.717, 1.165) is 32.6 Å². The van der Waals surface area contributed by atoms with Gasteiger partial charge in [0.05, 0.1) is 5.92 Å². The van der Waals surface area contributed by atoms with E-state index in [-0.39, 0.29) is 5.92 Å². The van der Waals surface area contributed by atoms with Gasteiger partial charge in [0.25, 0.3) is 0 Å². The van der Waals surface area contributed by atoms with Crippen LogP contribution < -0.4 is 0 Å². The maximum absolute atomic E-state index is 11.0. The van der Waals surface area contributed by atoms with Crippen molar-refractivity contribution in [2.45, 2.75) is 18.9 Å². The Morgan fingerprint density at radius 1 is 1.31 bits per heavy atom. The number of hydrogen-bond acceptors (Lipinski definition) is 3. The van der Waals surface area contributed by atoms with Gasteiger partial charge in [-0.2, -0.15) is 0 Å². The summed E-state index contributed by atoms with van der Waals surface area (Å²) in [4.78, 5) is 15.7. The zero-order chi connectivity index (χ0) is 11.5. The van der Waals surface area contributed by atoms with Gasteiger partial charge < -0.3 is 10.0 Å². The van der Waals surface area contributed by atoms with Crippen LogP contribution >= 0.6 is 0 Å². The number of allylic oxidation sites excluding steroid dienone is 1. The normalized spacial score (nSPS) is 32.8. The summed E-state index contributed by atoms with van der Waals surface area (Å²) < 4.78 is 0. The van der Waals surface area contributed by atoms with E-state index in [2.05, 4.69) is 22.9 Å². The van der Waals surface area contributed by atoms with Crippen LogP contribution in [0.5, 0.6) is 0 Å². The molecule has 0 aromatic rings. The Hall–Kier alpha value is -0.870. The fraction of sp³-hybridized carbons (Fsp3) is 0.750. The molecule has 4 nitrogen and oxygen atoms in total. The average Bonchev–Trinajstić information content (AvgIpc) is 2.30. The number of carboxylic acid groups (broad SMARTS) is 1. The molecule has 0 spiro atoms. The largest absolute Gasteiger partial charge is 0.481 e. The third-order valence-corrected chi connectivity index (χ3v) is 3.66. The first-order valence-electron chi connectivity index (χ1n) is 5.99. The summed E-state index contributed by atoms with van der Waals surface area (Å²) in [5, 5.41) is 9.04. The molecule has 16 heavy (non-hydrogen) atoms. The highest BCUT2D eigenvalue weighted by atomic mass is 16.4. The molecule has 1 fully saturated rings. The highest BCUT2D eigenvalue weighted by molar-refractivity contribution is 5.70. The zero-order valence-electron chi connectivity index (χ0n) is 9.80. The quantitative estimate of drug-likeness (QED) is 0.700. The third-order valence-electron chi connectivity index (χ3n) is 3.66. The van der Waals surface area contributed by atoms with Crippen LogP contribution in [0, 0.1) is 5.92 Å². The first-order valence-corrected chi connectivity index (χ1v) is 5.99. The molecule has 4 heteroatoms. The summed E-state index contributed by atoms with van der Waals surface area (Å²) in [6.45, 7) is 4.28. The summed E-state index contributed by atoms with van der Waals surface area (Å²) in [6, 6.07) is 0.337. The van der Waals surface area contributed by atoms with Crippen LogP contribution in [-0.2, 0) is 4.79 Å². The van der Waals surface area contributed by atoms with Gasteiger partial charge in [0.15, 0.2) is 0 Å². The molecule has 1 aliphatic heterocycles. The molecular formula is C12H20N2O2. The van der Waals surface area contributed by atoms with Gasteiger partial charge in [0, 0.05) is 32.2 Å². The van der Waals surface area contributed by atoms with Crippen molar-refractivity contribution >= 4 is 5.97 Å². The number of carbonyl (C=O) groups is 1. The molecule has 0 aromatic heterocycles. The molecule has 1 heterocycles. The molecule has 2 rings (SSSR count). The second-order valence-electron chi connectivity index (χ2n) is 4.84. The van der Waals surface area contributed by atoms with Crippen LogP contribution in [0.2, 0.25) is 0 Å². The van der Waals surface area contributed by atoms with Gasteiger partial charge in [-0.05, 0) is 19.9 Å². The van der Waals surface area contributed by atoms with Gasteiger partial charge in [-0.15, -0.1) is 0 Å². The minimum atomic E-state index is -0.650. The standard InChI is InChI=1S/C12H20N2O2/c1-13-5-7-14(8-6-13)11-4-2-3-10(9-11)12(15)16/h2,4,10-11H,3,5-9H2,1H3,(H,15,16). The van der Waals surface area contributed by atoms with E-state index in [4.69, 9.17) is 5.11 Å². The number of nitrogens with zero attached hydrogens (tertiary/aromatic N) is 2. The predicted octanol–water partition coefficient (Wildman–Crippen LogP) is 0.653. The lowest BCUT2D eigenvalue weighted by molar-refractivity contribution is -0.142. The van der Waals surface area contributed by atoms with Crippen molar-refractivity contribution in [1.82, 2.24) is 9.80 Å². The highest BCUT2D eigenvalue weighted by Gasteiger charge is 2.28. The van der Waals surface area contributed by atoms with E-state index >= 15 is 0 Å². The van der Waals surface area contributed by atoms with Crippen molar-refractivity contribution in [3.05, 3.63) is 12.2 Å². The number of rotatable bonds is 2. The summed E-state index contributed by atoms with van der Waals surface area (Å²) in [6.07, 6.45) is 5.69. The first kappa shape index (κ1) is 11.6. The molecule has 2 aliphatic rings. The van der Waals surface area contributed by atoms with Crippen LogP contribution in [0.15, 0.2) is 12.2 Å². The van der Waals surface area contributed by atoms with Crippen LogP contribution in [0.25, 0.3) is 0 Å². The Kier molecular flexibility index (Phi) is 3.61. The molecule has 0 aromatic carbocycles. The zero-order valence-corrected chi connectivity index (χ0v) is 9.80. The molecule has 1 N–H and O–H groups in total. The minimum absolute atomic E-state index is 0.186. The molecule has 2 unspecified atom stereocenters.